The summed E-state index contributed by atoms with van der Waals surface area (Å²) in [5, 5.41) is 10.8. The summed E-state index contributed by atoms with van der Waals surface area (Å²) >= 11 is 3.21. The maximum atomic E-state index is 4.64. The zero-order valence-corrected chi connectivity index (χ0v) is 15.6. The first kappa shape index (κ1) is 15.5. The van der Waals surface area contributed by atoms with E-state index < -0.39 is 0 Å². The van der Waals surface area contributed by atoms with Crippen molar-refractivity contribution < 1.29 is 0 Å². The third kappa shape index (κ3) is 2.65. The molecule has 0 aliphatic heterocycles. The van der Waals surface area contributed by atoms with Gasteiger partial charge in [-0.2, -0.15) is 4.98 Å². The van der Waals surface area contributed by atoms with Crippen LogP contribution in [-0.4, -0.2) is 19.6 Å². The van der Waals surface area contributed by atoms with Gasteiger partial charge in [-0.25, -0.2) is 9.50 Å². The molecule has 0 unspecified atom stereocenters. The van der Waals surface area contributed by atoms with E-state index in [9.17, 15) is 0 Å². The Morgan fingerprint density at radius 1 is 1.08 bits per heavy atom. The van der Waals surface area contributed by atoms with Crippen LogP contribution in [0.1, 0.15) is 12.5 Å². The molecule has 7 heteroatoms. The Kier molecular flexibility index (Phi) is 3.69. The number of anilines is 2. The Morgan fingerprint density at radius 3 is 2.81 bits per heavy atom. The van der Waals surface area contributed by atoms with Gasteiger partial charge < -0.3 is 0 Å². The Morgan fingerprint density at radius 2 is 1.96 bits per heavy atom. The highest BCUT2D eigenvalue weighted by molar-refractivity contribution is 7.22. The number of aryl methyl sites for hydroxylation is 1. The van der Waals surface area contributed by atoms with Crippen LogP contribution < -0.4 is 5.32 Å². The largest absolute Gasteiger partial charge is 0.299 e. The normalized spacial score (nSPS) is 11.4. The monoisotopic (exact) mass is 377 g/mol. The fourth-order valence-electron chi connectivity index (χ4n) is 2.88. The number of hydrogen-bond donors (Lipinski definition) is 1. The number of nitrogens with one attached hydrogen (secondary N) is 1. The molecule has 3 aromatic heterocycles. The number of fused-ring (bicyclic) bond motifs is 2. The smallest absolute Gasteiger partial charge is 0.250 e. The topological polar surface area (TPSA) is 55.1 Å². The van der Waals surface area contributed by atoms with E-state index in [1.165, 1.54) is 10.3 Å². The molecule has 0 radical (unpaired) electrons. The van der Waals surface area contributed by atoms with Gasteiger partial charge in [0.15, 0.2) is 5.13 Å². The SMILES string of the molecule is CCc1ccc2nc(Nc3nc4scc(-c5ccccc5)n4n3)sc2c1. The molecule has 0 aliphatic carbocycles. The minimum absolute atomic E-state index is 0.573. The molecule has 5 nitrogen and oxygen atoms in total. The van der Waals surface area contributed by atoms with Gasteiger partial charge in [0.25, 0.3) is 0 Å². The molecule has 0 bridgehead atoms. The predicted octanol–water partition coefficient (Wildman–Crippen LogP) is 5.37. The van der Waals surface area contributed by atoms with E-state index in [0.29, 0.717) is 5.95 Å². The maximum Gasteiger partial charge on any atom is 0.250 e. The van der Waals surface area contributed by atoms with Gasteiger partial charge in [-0.15, -0.1) is 16.4 Å². The third-order valence-corrected chi connectivity index (χ3v) is 5.98. The van der Waals surface area contributed by atoms with E-state index in [0.717, 1.165) is 33.3 Å². The molecule has 0 spiro atoms. The van der Waals surface area contributed by atoms with Crippen molar-refractivity contribution in [1.29, 1.82) is 0 Å². The van der Waals surface area contributed by atoms with E-state index in [1.807, 2.05) is 22.7 Å². The quantitative estimate of drug-likeness (QED) is 0.457. The number of nitrogens with zero attached hydrogens (tertiary/aromatic N) is 4. The summed E-state index contributed by atoms with van der Waals surface area (Å²) in [5.41, 5.74) is 4.49. The first-order valence-corrected chi connectivity index (χ1v) is 10.1. The highest BCUT2D eigenvalue weighted by Gasteiger charge is 2.13. The van der Waals surface area contributed by atoms with Gasteiger partial charge in [-0.3, -0.25) is 5.32 Å². The molecule has 5 rings (SSSR count). The summed E-state index contributed by atoms with van der Waals surface area (Å²) in [5.74, 6) is 0.573. The van der Waals surface area contributed by atoms with Crippen LogP contribution >= 0.6 is 22.7 Å². The minimum Gasteiger partial charge on any atom is -0.299 e. The first-order chi connectivity index (χ1) is 12.8. The van der Waals surface area contributed by atoms with Crippen molar-refractivity contribution in [3.63, 3.8) is 0 Å². The van der Waals surface area contributed by atoms with Gasteiger partial charge in [0.2, 0.25) is 10.9 Å². The van der Waals surface area contributed by atoms with E-state index >= 15 is 0 Å². The van der Waals surface area contributed by atoms with Crippen LogP contribution in [0.3, 0.4) is 0 Å². The molecule has 3 heterocycles. The van der Waals surface area contributed by atoms with Crippen LogP contribution in [0.15, 0.2) is 53.9 Å². The van der Waals surface area contributed by atoms with Crippen LogP contribution in [0.5, 0.6) is 0 Å². The van der Waals surface area contributed by atoms with Crippen LogP contribution in [-0.2, 0) is 6.42 Å². The predicted molar refractivity (Wildman–Crippen MR) is 109 cm³/mol. The fourth-order valence-corrected chi connectivity index (χ4v) is 4.63. The standard InChI is InChI=1S/C19H15N5S2/c1-2-12-8-9-14-16(10-12)26-18(20-14)21-17-22-19-24(23-17)15(11-25-19)13-6-4-3-5-7-13/h3-11H,2H2,1H3,(H,20,21,23). The van der Waals surface area contributed by atoms with Gasteiger partial charge in [0, 0.05) is 10.9 Å². The van der Waals surface area contributed by atoms with Crippen LogP contribution in [0.2, 0.25) is 0 Å². The molecule has 0 saturated heterocycles. The van der Waals surface area contributed by atoms with Crippen molar-refractivity contribution in [2.75, 3.05) is 5.32 Å². The first-order valence-electron chi connectivity index (χ1n) is 8.36. The second-order valence-corrected chi connectivity index (χ2v) is 7.78. The average molecular weight is 377 g/mol. The third-order valence-electron chi connectivity index (χ3n) is 4.23. The lowest BCUT2D eigenvalue weighted by atomic mass is 10.2. The lowest BCUT2D eigenvalue weighted by Crippen LogP contribution is -1.93. The fraction of sp³-hybridized carbons (Fsp3) is 0.105. The summed E-state index contributed by atoms with van der Waals surface area (Å²) in [4.78, 5) is 10.1. The molecule has 2 aromatic carbocycles. The molecular formula is C19H15N5S2. The second kappa shape index (κ2) is 6.19. The van der Waals surface area contributed by atoms with Gasteiger partial charge in [0.1, 0.15) is 0 Å². The van der Waals surface area contributed by atoms with Crippen LogP contribution in [0.25, 0.3) is 26.4 Å². The van der Waals surface area contributed by atoms with Gasteiger partial charge in [0.05, 0.1) is 15.9 Å². The Balaban J connectivity index is 1.49. The molecule has 128 valence electrons. The number of thiazole rings is 2. The molecule has 0 saturated carbocycles. The van der Waals surface area contributed by atoms with Crippen molar-refractivity contribution in [2.45, 2.75) is 13.3 Å². The van der Waals surface area contributed by atoms with Crippen molar-refractivity contribution in [3.8, 4) is 11.3 Å². The van der Waals surface area contributed by atoms with Crippen molar-refractivity contribution in [1.82, 2.24) is 19.6 Å². The molecule has 5 aromatic rings. The summed E-state index contributed by atoms with van der Waals surface area (Å²) < 4.78 is 3.06. The lowest BCUT2D eigenvalue weighted by Gasteiger charge is -1.97. The Bertz CT molecular complexity index is 1200. The van der Waals surface area contributed by atoms with E-state index in [-0.39, 0.29) is 0 Å². The summed E-state index contributed by atoms with van der Waals surface area (Å²) in [7, 11) is 0. The van der Waals surface area contributed by atoms with Crippen molar-refractivity contribution in [3.05, 3.63) is 59.5 Å². The summed E-state index contributed by atoms with van der Waals surface area (Å²) in [6, 6.07) is 16.6. The van der Waals surface area contributed by atoms with Gasteiger partial charge in [-0.1, -0.05) is 54.7 Å². The molecule has 0 amide bonds. The average Bonchev–Trinajstić information content (AvgIpc) is 3.35. The highest BCUT2D eigenvalue weighted by Crippen LogP contribution is 2.30. The molecule has 0 atom stereocenters. The van der Waals surface area contributed by atoms with Crippen LogP contribution in [0.4, 0.5) is 11.1 Å². The highest BCUT2D eigenvalue weighted by atomic mass is 32.1. The van der Waals surface area contributed by atoms with E-state index in [4.69, 9.17) is 0 Å². The zero-order valence-electron chi connectivity index (χ0n) is 14.0. The number of rotatable bonds is 4. The zero-order chi connectivity index (χ0) is 17.5. The molecule has 0 aliphatic rings. The van der Waals surface area contributed by atoms with Gasteiger partial charge >= 0.3 is 0 Å². The number of aromatic nitrogens is 4. The van der Waals surface area contributed by atoms with Crippen molar-refractivity contribution in [2.24, 2.45) is 0 Å². The molecule has 0 fully saturated rings. The van der Waals surface area contributed by atoms with E-state index in [1.54, 1.807) is 22.7 Å². The summed E-state index contributed by atoms with van der Waals surface area (Å²) in [6.07, 6.45) is 1.03. The second-order valence-electron chi connectivity index (χ2n) is 5.92. The van der Waals surface area contributed by atoms with Gasteiger partial charge in [-0.05, 0) is 24.1 Å². The Labute approximate surface area is 158 Å². The van der Waals surface area contributed by atoms with E-state index in [2.05, 4.69) is 63.0 Å². The Hall–Kier alpha value is -2.77. The van der Waals surface area contributed by atoms with Crippen LogP contribution in [0, 0.1) is 0 Å². The lowest BCUT2D eigenvalue weighted by molar-refractivity contribution is 0.988. The summed E-state index contributed by atoms with van der Waals surface area (Å²) in [6.45, 7) is 2.16. The molecule has 1 N–H and O–H groups in total. The molecule has 26 heavy (non-hydrogen) atoms. The maximum absolute atomic E-state index is 4.64. The minimum atomic E-state index is 0.573. The number of benzene rings is 2. The van der Waals surface area contributed by atoms with Crippen molar-refractivity contribution >= 4 is 48.9 Å². The molecular weight excluding hydrogens is 362 g/mol. The number of hydrogen-bond acceptors (Lipinski definition) is 6.